The van der Waals surface area contributed by atoms with Crippen LogP contribution in [0, 0.1) is 5.92 Å². The van der Waals surface area contributed by atoms with E-state index < -0.39 is 0 Å². The van der Waals surface area contributed by atoms with E-state index in [0.717, 1.165) is 25.7 Å². The summed E-state index contributed by atoms with van der Waals surface area (Å²) in [4.78, 5) is 29.4. The van der Waals surface area contributed by atoms with Crippen molar-refractivity contribution in [3.8, 4) is 11.5 Å². The highest BCUT2D eigenvalue weighted by Crippen LogP contribution is 2.31. The second-order valence-electron chi connectivity index (χ2n) is 8.43. The summed E-state index contributed by atoms with van der Waals surface area (Å²) in [5, 5.41) is 8.73. The molecule has 1 saturated carbocycles. The predicted octanol–water partition coefficient (Wildman–Crippen LogP) is 3.92. The molecule has 1 saturated heterocycles. The summed E-state index contributed by atoms with van der Waals surface area (Å²) in [6.07, 6.45) is 4.71. The number of hydrogen-bond acceptors (Lipinski definition) is 5. The molecule has 1 aliphatic carbocycles. The van der Waals surface area contributed by atoms with E-state index in [4.69, 9.17) is 16.0 Å². The number of rotatable bonds is 6. The van der Waals surface area contributed by atoms with Crippen molar-refractivity contribution in [2.45, 2.75) is 64.6 Å². The standard InChI is InChI=1S/C22H27ClN4O3/c1-14(2)26(13-19-24-25-21(30-19)17-9-5-6-10-18(17)23)22(29)15-11-20(28)27(12-15)16-7-3-4-8-16/h5-6,9-10,14-16H,3-4,7-8,11-13H2,1-2H3/t15-/m1/s1. The fraction of sp³-hybridized carbons (Fsp3) is 0.545. The lowest BCUT2D eigenvalue weighted by molar-refractivity contribution is -0.138. The zero-order chi connectivity index (χ0) is 21.3. The first-order valence-corrected chi connectivity index (χ1v) is 11.0. The Hall–Kier alpha value is -2.41. The van der Waals surface area contributed by atoms with Gasteiger partial charge in [0.15, 0.2) is 0 Å². The maximum absolute atomic E-state index is 13.3. The van der Waals surface area contributed by atoms with Crippen LogP contribution in [0.1, 0.15) is 51.8 Å². The predicted molar refractivity (Wildman–Crippen MR) is 113 cm³/mol. The van der Waals surface area contributed by atoms with Crippen LogP contribution in [-0.2, 0) is 16.1 Å². The number of nitrogens with zero attached hydrogens (tertiary/aromatic N) is 4. The van der Waals surface area contributed by atoms with Crippen LogP contribution in [0.3, 0.4) is 0 Å². The molecular formula is C22H27ClN4O3. The molecule has 7 nitrogen and oxygen atoms in total. The Labute approximate surface area is 181 Å². The van der Waals surface area contributed by atoms with E-state index in [1.807, 2.05) is 36.9 Å². The second-order valence-corrected chi connectivity index (χ2v) is 8.83. The number of likely N-dealkylation sites (tertiary alicyclic amines) is 1. The Kier molecular flexibility index (Phi) is 6.09. The molecule has 2 aliphatic rings. The van der Waals surface area contributed by atoms with E-state index in [9.17, 15) is 9.59 Å². The number of hydrogen-bond donors (Lipinski definition) is 0. The molecular weight excluding hydrogens is 404 g/mol. The molecule has 2 aromatic rings. The summed E-state index contributed by atoms with van der Waals surface area (Å²) in [5.41, 5.74) is 0.661. The van der Waals surface area contributed by atoms with E-state index in [0.29, 0.717) is 35.0 Å². The van der Waals surface area contributed by atoms with Gasteiger partial charge in [0.2, 0.25) is 23.6 Å². The van der Waals surface area contributed by atoms with Gasteiger partial charge in [-0.2, -0.15) is 0 Å². The first-order valence-electron chi connectivity index (χ1n) is 10.6. The van der Waals surface area contributed by atoms with E-state index in [2.05, 4.69) is 10.2 Å². The van der Waals surface area contributed by atoms with Gasteiger partial charge in [-0.15, -0.1) is 10.2 Å². The highest BCUT2D eigenvalue weighted by atomic mass is 35.5. The van der Waals surface area contributed by atoms with Crippen LogP contribution in [0.15, 0.2) is 28.7 Å². The monoisotopic (exact) mass is 430 g/mol. The summed E-state index contributed by atoms with van der Waals surface area (Å²) in [6.45, 7) is 4.63. The van der Waals surface area contributed by atoms with Gasteiger partial charge in [0.1, 0.15) is 0 Å². The summed E-state index contributed by atoms with van der Waals surface area (Å²) in [6, 6.07) is 7.51. The summed E-state index contributed by atoms with van der Waals surface area (Å²) >= 11 is 6.21. The Morgan fingerprint density at radius 1 is 1.27 bits per heavy atom. The molecule has 4 rings (SSSR count). The van der Waals surface area contributed by atoms with Crippen LogP contribution in [0.4, 0.5) is 0 Å². The summed E-state index contributed by atoms with van der Waals surface area (Å²) in [5.74, 6) is 0.435. The van der Waals surface area contributed by atoms with Gasteiger partial charge in [-0.3, -0.25) is 9.59 Å². The zero-order valence-corrected chi connectivity index (χ0v) is 18.1. The second kappa shape index (κ2) is 8.76. The van der Waals surface area contributed by atoms with Gasteiger partial charge in [-0.25, -0.2) is 0 Å². The molecule has 1 atom stereocenters. The zero-order valence-electron chi connectivity index (χ0n) is 17.4. The van der Waals surface area contributed by atoms with Crippen molar-refractivity contribution < 1.29 is 14.0 Å². The molecule has 8 heteroatoms. The van der Waals surface area contributed by atoms with Crippen LogP contribution in [0.25, 0.3) is 11.5 Å². The molecule has 0 bridgehead atoms. The van der Waals surface area contributed by atoms with Crippen LogP contribution in [0.2, 0.25) is 5.02 Å². The maximum Gasteiger partial charge on any atom is 0.249 e. The number of aromatic nitrogens is 2. The molecule has 0 unspecified atom stereocenters. The summed E-state index contributed by atoms with van der Waals surface area (Å²) in [7, 11) is 0. The SMILES string of the molecule is CC(C)N(Cc1nnc(-c2ccccc2Cl)o1)C(=O)[C@@H]1CC(=O)N(C2CCCC2)C1. The third-order valence-electron chi connectivity index (χ3n) is 6.06. The molecule has 1 aliphatic heterocycles. The largest absolute Gasteiger partial charge is 0.419 e. The fourth-order valence-electron chi connectivity index (χ4n) is 4.42. The van der Waals surface area contributed by atoms with Crippen LogP contribution in [0.5, 0.6) is 0 Å². The van der Waals surface area contributed by atoms with Crippen LogP contribution >= 0.6 is 11.6 Å². The van der Waals surface area contributed by atoms with Crippen molar-refractivity contribution in [2.75, 3.05) is 6.54 Å². The topological polar surface area (TPSA) is 79.5 Å². The molecule has 0 spiro atoms. The molecule has 160 valence electrons. The third kappa shape index (κ3) is 4.21. The molecule has 2 amide bonds. The van der Waals surface area contributed by atoms with Gasteiger partial charge in [-0.05, 0) is 38.8 Å². The van der Waals surface area contributed by atoms with E-state index >= 15 is 0 Å². The van der Waals surface area contributed by atoms with Gasteiger partial charge < -0.3 is 14.2 Å². The third-order valence-corrected chi connectivity index (χ3v) is 6.39. The molecule has 0 radical (unpaired) electrons. The summed E-state index contributed by atoms with van der Waals surface area (Å²) < 4.78 is 5.79. The lowest BCUT2D eigenvalue weighted by Crippen LogP contribution is -2.42. The average molecular weight is 431 g/mol. The van der Waals surface area contributed by atoms with Crippen LogP contribution in [-0.4, -0.2) is 50.4 Å². The quantitative estimate of drug-likeness (QED) is 0.693. The van der Waals surface area contributed by atoms with Crippen molar-refractivity contribution in [2.24, 2.45) is 5.92 Å². The van der Waals surface area contributed by atoms with Crippen molar-refractivity contribution in [3.05, 3.63) is 35.2 Å². The van der Waals surface area contributed by atoms with Crippen molar-refractivity contribution >= 4 is 23.4 Å². The highest BCUT2D eigenvalue weighted by Gasteiger charge is 2.40. The number of amides is 2. The number of carbonyl (C=O) groups excluding carboxylic acids is 2. The van der Waals surface area contributed by atoms with Crippen LogP contribution < -0.4 is 0 Å². The normalized spacial score (nSPS) is 19.8. The first-order chi connectivity index (χ1) is 14.4. The van der Waals surface area contributed by atoms with Crippen molar-refractivity contribution in [1.29, 1.82) is 0 Å². The minimum Gasteiger partial charge on any atom is -0.419 e. The van der Waals surface area contributed by atoms with Gasteiger partial charge in [0.05, 0.1) is 23.0 Å². The Morgan fingerprint density at radius 3 is 2.70 bits per heavy atom. The Bertz CT molecular complexity index is 923. The molecule has 2 heterocycles. The number of carbonyl (C=O) groups is 2. The first kappa shape index (κ1) is 20.8. The van der Waals surface area contributed by atoms with Crippen molar-refractivity contribution in [3.63, 3.8) is 0 Å². The smallest absolute Gasteiger partial charge is 0.249 e. The van der Waals surface area contributed by atoms with Gasteiger partial charge in [-0.1, -0.05) is 36.6 Å². The van der Waals surface area contributed by atoms with Gasteiger partial charge in [0, 0.05) is 25.0 Å². The van der Waals surface area contributed by atoms with E-state index in [-0.39, 0.29) is 36.7 Å². The fourth-order valence-corrected chi connectivity index (χ4v) is 4.64. The number of halogens is 1. The van der Waals surface area contributed by atoms with Gasteiger partial charge in [0.25, 0.3) is 0 Å². The Balaban J connectivity index is 1.46. The minimum atomic E-state index is -0.313. The molecule has 1 aromatic carbocycles. The molecule has 2 fully saturated rings. The lowest BCUT2D eigenvalue weighted by atomic mass is 10.1. The molecule has 1 aromatic heterocycles. The molecule has 0 N–H and O–H groups in total. The van der Waals surface area contributed by atoms with E-state index in [1.54, 1.807) is 11.0 Å². The van der Waals surface area contributed by atoms with Crippen molar-refractivity contribution in [1.82, 2.24) is 20.0 Å². The highest BCUT2D eigenvalue weighted by molar-refractivity contribution is 6.33. The van der Waals surface area contributed by atoms with Gasteiger partial charge >= 0.3 is 0 Å². The number of benzene rings is 1. The Morgan fingerprint density at radius 2 is 2.00 bits per heavy atom. The maximum atomic E-state index is 13.3. The lowest BCUT2D eigenvalue weighted by Gasteiger charge is -2.28. The van der Waals surface area contributed by atoms with E-state index in [1.165, 1.54) is 0 Å². The average Bonchev–Trinajstić information content (AvgIpc) is 3.46. The molecule has 30 heavy (non-hydrogen) atoms. The minimum absolute atomic E-state index is 0.0312.